The topological polar surface area (TPSA) is 83.5 Å². The number of aromatic nitrogens is 3. The van der Waals surface area contributed by atoms with E-state index in [0.29, 0.717) is 6.54 Å². The molecule has 0 saturated carbocycles. The fourth-order valence-corrected chi connectivity index (χ4v) is 6.47. The molecule has 0 bridgehead atoms. The molecule has 5 heterocycles. The molecule has 7 nitrogen and oxygen atoms in total. The van der Waals surface area contributed by atoms with Crippen LogP contribution in [0.5, 0.6) is 0 Å². The number of hydrogen-bond acceptors (Lipinski definition) is 7. The first kappa shape index (κ1) is 23.0. The average Bonchev–Trinajstić information content (AvgIpc) is 3.43. The van der Waals surface area contributed by atoms with E-state index < -0.39 is 0 Å². The van der Waals surface area contributed by atoms with Crippen LogP contribution in [0.2, 0.25) is 0 Å². The van der Waals surface area contributed by atoms with Gasteiger partial charge in [-0.2, -0.15) is 0 Å². The number of halogens is 1. The van der Waals surface area contributed by atoms with E-state index in [4.69, 9.17) is 20.7 Å². The van der Waals surface area contributed by atoms with Gasteiger partial charge in [-0.25, -0.2) is 14.4 Å². The molecule has 1 aromatic carbocycles. The van der Waals surface area contributed by atoms with E-state index in [1.807, 2.05) is 24.5 Å². The highest BCUT2D eigenvalue weighted by atomic mass is 19.1. The SMILES string of the molecule is C.N[C@@H]1c2c(F)cccc2CC12CCN(c1cnc3c(n1)CN=C3N1CCCc3ncccc31)CC2. The Labute approximate surface area is 211 Å². The molecule has 1 fully saturated rings. The summed E-state index contributed by atoms with van der Waals surface area (Å²) in [5.41, 5.74) is 12.4. The van der Waals surface area contributed by atoms with Crippen LogP contribution in [-0.4, -0.2) is 40.4 Å². The van der Waals surface area contributed by atoms with Crippen LogP contribution in [0.15, 0.2) is 47.7 Å². The zero-order chi connectivity index (χ0) is 23.6. The molecule has 186 valence electrons. The second kappa shape index (κ2) is 8.62. The second-order valence-corrected chi connectivity index (χ2v) is 10.2. The molecule has 3 aromatic rings. The minimum Gasteiger partial charge on any atom is -0.355 e. The average molecular weight is 486 g/mol. The zero-order valence-corrected chi connectivity index (χ0v) is 19.6. The number of pyridine rings is 1. The number of nitrogens with two attached hydrogens (primary N) is 1. The number of nitrogens with zero attached hydrogens (tertiary/aromatic N) is 6. The third-order valence-electron chi connectivity index (χ3n) is 8.37. The van der Waals surface area contributed by atoms with Crippen molar-refractivity contribution >= 4 is 17.3 Å². The van der Waals surface area contributed by atoms with E-state index in [-0.39, 0.29) is 24.7 Å². The van der Waals surface area contributed by atoms with Crippen molar-refractivity contribution < 1.29 is 4.39 Å². The standard InChI is InChI=1S/C27H28FN7.CH4/c28-18-5-1-4-17-14-27(25(29)23(17)18)8-12-34(13-9-27)22-16-31-24-20(33-22)15-32-26(24)35-11-3-6-19-21(35)7-2-10-30-19;/h1-2,4-5,7,10,16,25H,3,6,8-9,11-15,29H2;1H4/t25-;/m1./s1. The second-order valence-electron chi connectivity index (χ2n) is 10.2. The van der Waals surface area contributed by atoms with Gasteiger partial charge in [-0.3, -0.25) is 9.98 Å². The van der Waals surface area contributed by atoms with Gasteiger partial charge in [-0.15, -0.1) is 0 Å². The summed E-state index contributed by atoms with van der Waals surface area (Å²) in [7, 11) is 0. The van der Waals surface area contributed by atoms with E-state index in [9.17, 15) is 4.39 Å². The molecule has 0 radical (unpaired) electrons. The van der Waals surface area contributed by atoms with Crippen molar-refractivity contribution in [3.8, 4) is 0 Å². The number of piperidine rings is 1. The molecular formula is C28H32FN7. The molecule has 0 unspecified atom stereocenters. The molecule has 2 N–H and O–H groups in total. The van der Waals surface area contributed by atoms with Gasteiger partial charge < -0.3 is 15.5 Å². The van der Waals surface area contributed by atoms with Gasteiger partial charge in [0.25, 0.3) is 0 Å². The lowest BCUT2D eigenvalue weighted by Gasteiger charge is -2.42. The van der Waals surface area contributed by atoms with E-state index in [2.05, 4.69) is 20.9 Å². The van der Waals surface area contributed by atoms with Gasteiger partial charge in [0.2, 0.25) is 0 Å². The molecular weight excluding hydrogens is 453 g/mol. The number of anilines is 2. The molecule has 0 amide bonds. The molecule has 2 aromatic heterocycles. The van der Waals surface area contributed by atoms with Crippen molar-refractivity contribution in [3.05, 3.63) is 76.8 Å². The Hall–Kier alpha value is -3.39. The van der Waals surface area contributed by atoms with Crippen LogP contribution in [0, 0.1) is 11.2 Å². The van der Waals surface area contributed by atoms with Crippen LogP contribution in [0.4, 0.5) is 15.9 Å². The number of fused-ring (bicyclic) bond motifs is 3. The highest BCUT2D eigenvalue weighted by Gasteiger charge is 2.47. The molecule has 3 aliphatic heterocycles. The van der Waals surface area contributed by atoms with Gasteiger partial charge in [-0.05, 0) is 61.3 Å². The maximum absolute atomic E-state index is 14.5. The molecule has 1 aliphatic carbocycles. The van der Waals surface area contributed by atoms with Crippen molar-refractivity contribution in [1.29, 1.82) is 0 Å². The van der Waals surface area contributed by atoms with Gasteiger partial charge in [0.15, 0.2) is 5.84 Å². The number of aliphatic imine (C=N–C) groups is 1. The van der Waals surface area contributed by atoms with Crippen molar-refractivity contribution in [3.63, 3.8) is 0 Å². The minimum absolute atomic E-state index is 0. The van der Waals surface area contributed by atoms with Crippen LogP contribution in [0.1, 0.15) is 60.9 Å². The zero-order valence-electron chi connectivity index (χ0n) is 19.6. The smallest absolute Gasteiger partial charge is 0.156 e. The van der Waals surface area contributed by atoms with Crippen molar-refractivity contribution in [2.45, 2.75) is 52.1 Å². The number of aryl methyl sites for hydroxylation is 1. The summed E-state index contributed by atoms with van der Waals surface area (Å²) in [5, 5.41) is 0. The summed E-state index contributed by atoms with van der Waals surface area (Å²) in [6, 6.07) is 9.21. The first-order valence-corrected chi connectivity index (χ1v) is 12.5. The van der Waals surface area contributed by atoms with Crippen LogP contribution in [0.25, 0.3) is 0 Å². The van der Waals surface area contributed by atoms with Gasteiger partial charge in [0.05, 0.1) is 29.8 Å². The van der Waals surface area contributed by atoms with Gasteiger partial charge in [-0.1, -0.05) is 19.6 Å². The fraction of sp³-hybridized carbons (Fsp3) is 0.429. The lowest BCUT2D eigenvalue weighted by Crippen LogP contribution is -2.44. The summed E-state index contributed by atoms with van der Waals surface area (Å²) in [6.45, 7) is 3.15. The van der Waals surface area contributed by atoms with E-state index in [0.717, 1.165) is 97.3 Å². The fourth-order valence-electron chi connectivity index (χ4n) is 6.47. The lowest BCUT2D eigenvalue weighted by molar-refractivity contribution is 0.185. The third-order valence-corrected chi connectivity index (χ3v) is 8.37. The Bertz CT molecular complexity index is 1350. The van der Waals surface area contributed by atoms with Crippen LogP contribution >= 0.6 is 0 Å². The van der Waals surface area contributed by atoms with Crippen molar-refractivity contribution in [2.24, 2.45) is 16.1 Å². The third kappa shape index (κ3) is 3.42. The quantitative estimate of drug-likeness (QED) is 0.556. The first-order valence-electron chi connectivity index (χ1n) is 12.5. The van der Waals surface area contributed by atoms with Crippen LogP contribution in [-0.2, 0) is 19.4 Å². The van der Waals surface area contributed by atoms with Crippen molar-refractivity contribution in [2.75, 3.05) is 29.4 Å². The summed E-state index contributed by atoms with van der Waals surface area (Å²) in [5.74, 6) is 1.63. The summed E-state index contributed by atoms with van der Waals surface area (Å²) >= 11 is 0. The first-order chi connectivity index (χ1) is 17.1. The van der Waals surface area contributed by atoms with Crippen LogP contribution in [0.3, 0.4) is 0 Å². The maximum Gasteiger partial charge on any atom is 0.156 e. The highest BCUT2D eigenvalue weighted by Crippen LogP contribution is 2.51. The Morgan fingerprint density at radius 2 is 1.89 bits per heavy atom. The minimum atomic E-state index is -0.246. The molecule has 1 spiro atoms. The molecule has 7 rings (SSSR count). The van der Waals surface area contributed by atoms with Gasteiger partial charge in [0, 0.05) is 37.4 Å². The maximum atomic E-state index is 14.5. The number of benzene rings is 1. The van der Waals surface area contributed by atoms with Gasteiger partial charge >= 0.3 is 0 Å². The molecule has 4 aliphatic rings. The Balaban J connectivity index is 0.00000240. The predicted molar refractivity (Wildman–Crippen MR) is 140 cm³/mol. The van der Waals surface area contributed by atoms with E-state index in [1.54, 1.807) is 6.07 Å². The molecule has 1 atom stereocenters. The lowest BCUT2D eigenvalue weighted by atomic mass is 9.73. The predicted octanol–water partition coefficient (Wildman–Crippen LogP) is 4.20. The number of amidine groups is 1. The Morgan fingerprint density at radius 3 is 2.72 bits per heavy atom. The molecule has 8 heteroatoms. The summed E-state index contributed by atoms with van der Waals surface area (Å²) in [6.07, 6.45) is 8.48. The van der Waals surface area contributed by atoms with Crippen molar-refractivity contribution in [1.82, 2.24) is 15.0 Å². The normalized spacial score (nSPS) is 21.5. The molecule has 1 saturated heterocycles. The van der Waals surface area contributed by atoms with E-state index in [1.165, 1.54) is 6.07 Å². The van der Waals surface area contributed by atoms with Gasteiger partial charge in [0.1, 0.15) is 17.3 Å². The van der Waals surface area contributed by atoms with E-state index >= 15 is 0 Å². The number of rotatable bonds is 1. The largest absolute Gasteiger partial charge is 0.355 e. The number of hydrogen-bond donors (Lipinski definition) is 1. The van der Waals surface area contributed by atoms with Crippen LogP contribution < -0.4 is 15.5 Å². The molecule has 36 heavy (non-hydrogen) atoms. The monoisotopic (exact) mass is 485 g/mol. The highest BCUT2D eigenvalue weighted by molar-refractivity contribution is 6.11. The summed E-state index contributed by atoms with van der Waals surface area (Å²) in [4.78, 5) is 23.7. The Morgan fingerprint density at radius 1 is 1.03 bits per heavy atom. The summed E-state index contributed by atoms with van der Waals surface area (Å²) < 4.78 is 14.5. The Kier molecular flexibility index (Phi) is 5.52.